The molecule has 0 aliphatic heterocycles. The highest BCUT2D eigenvalue weighted by Gasteiger charge is 2.16. The van der Waals surface area contributed by atoms with E-state index < -0.39 is 0 Å². The lowest BCUT2D eigenvalue weighted by molar-refractivity contribution is -0.116. The maximum atomic E-state index is 11.9. The van der Waals surface area contributed by atoms with E-state index in [1.807, 2.05) is 14.0 Å². The van der Waals surface area contributed by atoms with Gasteiger partial charge in [-0.25, -0.2) is 0 Å². The summed E-state index contributed by atoms with van der Waals surface area (Å²) in [6.45, 7) is 7.43. The Morgan fingerprint density at radius 2 is 2.10 bits per heavy atom. The SMILES string of the molecule is CCCCN(C)CCC(=O)Nc1oc(C)c(C)c1C#N. The summed E-state index contributed by atoms with van der Waals surface area (Å²) in [6.07, 6.45) is 2.67. The van der Waals surface area contributed by atoms with Crippen molar-refractivity contribution < 1.29 is 9.21 Å². The Balaban J connectivity index is 2.51. The topological polar surface area (TPSA) is 69.3 Å². The van der Waals surface area contributed by atoms with Crippen LogP contribution >= 0.6 is 0 Å². The first kappa shape index (κ1) is 16.3. The summed E-state index contributed by atoms with van der Waals surface area (Å²) in [4.78, 5) is 14.0. The molecule has 0 aliphatic carbocycles. The standard InChI is InChI=1S/C15H23N3O2/c1-5-6-8-18(4)9-7-14(19)17-15-13(10-16)11(2)12(3)20-15/h5-9H2,1-4H3,(H,17,19). The number of anilines is 1. The maximum Gasteiger partial charge on any atom is 0.228 e. The summed E-state index contributed by atoms with van der Waals surface area (Å²) in [5, 5.41) is 11.8. The fourth-order valence-corrected chi connectivity index (χ4v) is 1.87. The van der Waals surface area contributed by atoms with Gasteiger partial charge in [0.25, 0.3) is 0 Å². The number of nitrogens with zero attached hydrogens (tertiary/aromatic N) is 2. The Kier molecular flexibility index (Phi) is 6.26. The second kappa shape index (κ2) is 7.71. The van der Waals surface area contributed by atoms with Gasteiger partial charge < -0.3 is 9.32 Å². The van der Waals surface area contributed by atoms with Crippen LogP contribution in [0.25, 0.3) is 0 Å². The van der Waals surface area contributed by atoms with Gasteiger partial charge in [-0.15, -0.1) is 0 Å². The highest BCUT2D eigenvalue weighted by molar-refractivity contribution is 5.91. The Morgan fingerprint density at radius 3 is 2.70 bits per heavy atom. The lowest BCUT2D eigenvalue weighted by atomic mass is 10.2. The number of hydrogen-bond donors (Lipinski definition) is 1. The van der Waals surface area contributed by atoms with Crippen molar-refractivity contribution in [2.24, 2.45) is 0 Å². The number of unbranched alkanes of at least 4 members (excludes halogenated alkanes) is 1. The van der Waals surface area contributed by atoms with E-state index in [0.29, 0.717) is 24.3 Å². The smallest absolute Gasteiger partial charge is 0.228 e. The van der Waals surface area contributed by atoms with E-state index in [1.165, 1.54) is 0 Å². The van der Waals surface area contributed by atoms with Gasteiger partial charge in [-0.1, -0.05) is 13.3 Å². The van der Waals surface area contributed by atoms with E-state index in [-0.39, 0.29) is 11.8 Å². The highest BCUT2D eigenvalue weighted by Crippen LogP contribution is 2.25. The number of carbonyl (C=O) groups is 1. The zero-order valence-corrected chi connectivity index (χ0v) is 12.7. The quantitative estimate of drug-likeness (QED) is 0.832. The minimum absolute atomic E-state index is 0.126. The third kappa shape index (κ3) is 4.39. The van der Waals surface area contributed by atoms with Gasteiger partial charge in [-0.05, 0) is 33.9 Å². The molecule has 0 bridgehead atoms. The Bertz CT molecular complexity index is 500. The van der Waals surface area contributed by atoms with Crippen LogP contribution in [0.4, 0.5) is 5.88 Å². The molecule has 1 rings (SSSR count). The van der Waals surface area contributed by atoms with Crippen LogP contribution in [0, 0.1) is 25.2 Å². The fraction of sp³-hybridized carbons (Fsp3) is 0.600. The average molecular weight is 277 g/mol. The first-order valence-corrected chi connectivity index (χ1v) is 6.98. The van der Waals surface area contributed by atoms with Gasteiger partial charge in [0.05, 0.1) is 0 Å². The molecule has 20 heavy (non-hydrogen) atoms. The molecule has 5 heteroatoms. The Morgan fingerprint density at radius 1 is 1.40 bits per heavy atom. The number of nitrogens with one attached hydrogen (secondary N) is 1. The van der Waals surface area contributed by atoms with Crippen molar-refractivity contribution in [3.8, 4) is 6.07 Å². The van der Waals surface area contributed by atoms with Crippen molar-refractivity contribution in [2.45, 2.75) is 40.0 Å². The van der Waals surface area contributed by atoms with Crippen molar-refractivity contribution in [3.05, 3.63) is 16.9 Å². The summed E-state index contributed by atoms with van der Waals surface area (Å²) in [7, 11) is 2.00. The summed E-state index contributed by atoms with van der Waals surface area (Å²) in [6, 6.07) is 2.06. The van der Waals surface area contributed by atoms with Crippen molar-refractivity contribution in [1.82, 2.24) is 4.90 Å². The van der Waals surface area contributed by atoms with E-state index in [9.17, 15) is 4.79 Å². The van der Waals surface area contributed by atoms with Crippen molar-refractivity contribution in [3.63, 3.8) is 0 Å². The second-order valence-corrected chi connectivity index (χ2v) is 5.05. The number of carbonyl (C=O) groups excluding carboxylic acids is 1. The van der Waals surface area contributed by atoms with Gasteiger partial charge in [0.1, 0.15) is 17.4 Å². The first-order chi connectivity index (χ1) is 9.49. The molecule has 0 radical (unpaired) electrons. The van der Waals surface area contributed by atoms with Crippen molar-refractivity contribution >= 4 is 11.8 Å². The molecule has 110 valence electrons. The molecule has 1 aromatic heterocycles. The normalized spacial score (nSPS) is 10.6. The number of hydrogen-bond acceptors (Lipinski definition) is 4. The number of aryl methyl sites for hydroxylation is 1. The van der Waals surface area contributed by atoms with E-state index in [0.717, 1.165) is 24.9 Å². The molecule has 0 saturated carbocycles. The molecule has 0 saturated heterocycles. The van der Waals surface area contributed by atoms with Crippen LogP contribution in [0.1, 0.15) is 43.1 Å². The lowest BCUT2D eigenvalue weighted by Gasteiger charge is -2.15. The summed E-state index contributed by atoms with van der Waals surface area (Å²) >= 11 is 0. The third-order valence-corrected chi connectivity index (χ3v) is 3.36. The van der Waals surface area contributed by atoms with Gasteiger partial charge >= 0.3 is 0 Å². The molecule has 0 atom stereocenters. The molecule has 0 fully saturated rings. The predicted molar refractivity (Wildman–Crippen MR) is 78.5 cm³/mol. The second-order valence-electron chi connectivity index (χ2n) is 5.05. The van der Waals surface area contributed by atoms with E-state index in [4.69, 9.17) is 9.68 Å². The predicted octanol–water partition coefficient (Wildman–Crippen LogP) is 2.83. The number of furan rings is 1. The molecule has 1 aromatic rings. The largest absolute Gasteiger partial charge is 0.444 e. The lowest BCUT2D eigenvalue weighted by Crippen LogP contribution is -2.25. The summed E-state index contributed by atoms with van der Waals surface area (Å²) in [5.41, 5.74) is 1.19. The van der Waals surface area contributed by atoms with Crippen molar-refractivity contribution in [2.75, 3.05) is 25.5 Å². The van der Waals surface area contributed by atoms with Crippen LogP contribution < -0.4 is 5.32 Å². The fourth-order valence-electron chi connectivity index (χ4n) is 1.87. The van der Waals surface area contributed by atoms with Crippen LogP contribution in [0.5, 0.6) is 0 Å². The highest BCUT2D eigenvalue weighted by atomic mass is 16.4. The molecule has 1 N–H and O–H groups in total. The first-order valence-electron chi connectivity index (χ1n) is 6.98. The molecule has 1 amide bonds. The van der Waals surface area contributed by atoms with E-state index >= 15 is 0 Å². The van der Waals surface area contributed by atoms with Gasteiger partial charge in [0, 0.05) is 18.5 Å². The molecule has 0 aliphatic rings. The molecular formula is C15H23N3O2. The number of rotatable bonds is 7. The monoisotopic (exact) mass is 277 g/mol. The minimum Gasteiger partial charge on any atom is -0.444 e. The van der Waals surface area contributed by atoms with Crippen LogP contribution in [-0.4, -0.2) is 30.9 Å². The van der Waals surface area contributed by atoms with E-state index in [2.05, 4.69) is 23.2 Å². The Hall–Kier alpha value is -1.80. The molecule has 0 unspecified atom stereocenters. The molecule has 0 spiro atoms. The van der Waals surface area contributed by atoms with Gasteiger partial charge in [-0.2, -0.15) is 5.26 Å². The molecular weight excluding hydrogens is 254 g/mol. The molecule has 5 nitrogen and oxygen atoms in total. The molecule has 0 aromatic carbocycles. The zero-order chi connectivity index (χ0) is 15.1. The van der Waals surface area contributed by atoms with Gasteiger partial charge in [-0.3, -0.25) is 10.1 Å². The number of amides is 1. The van der Waals surface area contributed by atoms with Crippen LogP contribution in [0.15, 0.2) is 4.42 Å². The van der Waals surface area contributed by atoms with Crippen LogP contribution in [0.3, 0.4) is 0 Å². The van der Waals surface area contributed by atoms with Crippen LogP contribution in [0.2, 0.25) is 0 Å². The van der Waals surface area contributed by atoms with Gasteiger partial charge in [0.2, 0.25) is 11.8 Å². The summed E-state index contributed by atoms with van der Waals surface area (Å²) in [5.74, 6) is 0.805. The maximum absolute atomic E-state index is 11.9. The third-order valence-electron chi connectivity index (χ3n) is 3.36. The molecule has 1 heterocycles. The van der Waals surface area contributed by atoms with Crippen LogP contribution in [-0.2, 0) is 4.79 Å². The number of nitriles is 1. The summed E-state index contributed by atoms with van der Waals surface area (Å²) < 4.78 is 5.41. The van der Waals surface area contributed by atoms with Gasteiger partial charge in [0.15, 0.2) is 0 Å². The zero-order valence-electron chi connectivity index (χ0n) is 12.7. The van der Waals surface area contributed by atoms with Crippen molar-refractivity contribution in [1.29, 1.82) is 5.26 Å². The minimum atomic E-state index is -0.126. The van der Waals surface area contributed by atoms with E-state index in [1.54, 1.807) is 6.92 Å². The average Bonchev–Trinajstić information content (AvgIpc) is 2.68. The Labute approximate surface area is 120 Å².